The summed E-state index contributed by atoms with van der Waals surface area (Å²) in [5, 5.41) is 2.83. The van der Waals surface area contributed by atoms with Crippen LogP contribution in [-0.4, -0.2) is 26.2 Å². The monoisotopic (exact) mass is 258 g/mol. The molecule has 0 atom stereocenters. The van der Waals surface area contributed by atoms with Crippen LogP contribution in [0, 0.1) is 0 Å². The average molecular weight is 259 g/mol. The van der Waals surface area contributed by atoms with Gasteiger partial charge in [0.15, 0.2) is 0 Å². The number of ether oxygens (including phenoxy) is 1. The van der Waals surface area contributed by atoms with Crippen molar-refractivity contribution in [3.05, 3.63) is 29.8 Å². The zero-order valence-electron chi connectivity index (χ0n) is 9.94. The van der Waals surface area contributed by atoms with Gasteiger partial charge in [0.1, 0.15) is 0 Å². The van der Waals surface area contributed by atoms with Crippen LogP contribution in [0.1, 0.15) is 12.0 Å². The highest BCUT2D eigenvalue weighted by molar-refractivity contribution is 5.85. The predicted octanol–water partition coefficient (Wildman–Crippen LogP) is 1.39. The fourth-order valence-corrected chi connectivity index (χ4v) is 1.33. The van der Waals surface area contributed by atoms with Gasteiger partial charge in [0, 0.05) is 25.9 Å². The van der Waals surface area contributed by atoms with Gasteiger partial charge >= 0.3 is 0 Å². The molecule has 0 aliphatic rings. The molecule has 0 fully saturated rings. The third kappa shape index (κ3) is 6.81. The quantitative estimate of drug-likeness (QED) is 0.599. The van der Waals surface area contributed by atoms with Gasteiger partial charge in [-0.2, -0.15) is 0 Å². The van der Waals surface area contributed by atoms with Crippen molar-refractivity contribution in [3.8, 4) is 0 Å². The third-order valence-electron chi connectivity index (χ3n) is 2.19. The fourth-order valence-electron chi connectivity index (χ4n) is 1.33. The normalized spacial score (nSPS) is 9.47. The van der Waals surface area contributed by atoms with Crippen LogP contribution in [0.4, 0.5) is 5.69 Å². The van der Waals surface area contributed by atoms with Gasteiger partial charge < -0.3 is 15.8 Å². The van der Waals surface area contributed by atoms with Crippen molar-refractivity contribution in [2.45, 2.75) is 12.8 Å². The number of benzene rings is 1. The Hall–Kier alpha value is -1.26. The van der Waals surface area contributed by atoms with E-state index >= 15 is 0 Å². The van der Waals surface area contributed by atoms with Gasteiger partial charge in [-0.25, -0.2) is 0 Å². The van der Waals surface area contributed by atoms with Gasteiger partial charge in [-0.3, -0.25) is 4.79 Å². The van der Waals surface area contributed by atoms with Crippen molar-refractivity contribution in [1.82, 2.24) is 5.32 Å². The number of rotatable bonds is 6. The van der Waals surface area contributed by atoms with E-state index < -0.39 is 0 Å². The van der Waals surface area contributed by atoms with Crippen LogP contribution in [0.3, 0.4) is 0 Å². The first kappa shape index (κ1) is 15.7. The molecule has 0 saturated carbocycles. The fraction of sp³-hybridized carbons (Fsp3) is 0.417. The Bertz CT molecular complexity index is 328. The first-order valence-electron chi connectivity index (χ1n) is 5.32. The number of methoxy groups -OCH3 is 1. The van der Waals surface area contributed by atoms with Crippen LogP contribution >= 0.6 is 12.4 Å². The maximum atomic E-state index is 11.5. The predicted molar refractivity (Wildman–Crippen MR) is 71.3 cm³/mol. The summed E-state index contributed by atoms with van der Waals surface area (Å²) in [5.74, 6) is 0.0286. The summed E-state index contributed by atoms with van der Waals surface area (Å²) in [6, 6.07) is 7.33. The van der Waals surface area contributed by atoms with E-state index in [0.717, 1.165) is 12.0 Å². The molecule has 1 aromatic rings. The summed E-state index contributed by atoms with van der Waals surface area (Å²) < 4.78 is 4.89. The van der Waals surface area contributed by atoms with Gasteiger partial charge in [-0.05, 0) is 24.1 Å². The first-order chi connectivity index (χ1) is 7.72. The van der Waals surface area contributed by atoms with E-state index in [2.05, 4.69) is 5.32 Å². The summed E-state index contributed by atoms with van der Waals surface area (Å²) in [5.41, 5.74) is 7.24. The Morgan fingerprint density at radius 2 is 2.00 bits per heavy atom. The summed E-state index contributed by atoms with van der Waals surface area (Å²) >= 11 is 0. The number of hydrogen-bond donors (Lipinski definition) is 2. The Kier molecular flexibility index (Phi) is 8.19. The molecule has 0 radical (unpaired) electrons. The van der Waals surface area contributed by atoms with E-state index in [4.69, 9.17) is 10.5 Å². The lowest BCUT2D eigenvalue weighted by molar-refractivity contribution is -0.120. The maximum absolute atomic E-state index is 11.5. The summed E-state index contributed by atoms with van der Waals surface area (Å²) in [4.78, 5) is 11.5. The second kappa shape index (κ2) is 8.84. The Morgan fingerprint density at radius 1 is 1.35 bits per heavy atom. The van der Waals surface area contributed by atoms with E-state index in [1.807, 2.05) is 12.1 Å². The lowest BCUT2D eigenvalue weighted by Gasteiger charge is -2.05. The number of nitrogen functional groups attached to an aromatic ring is 1. The summed E-state index contributed by atoms with van der Waals surface area (Å²) in [6.07, 6.45) is 1.23. The van der Waals surface area contributed by atoms with Crippen LogP contribution in [-0.2, 0) is 16.0 Å². The van der Waals surface area contributed by atoms with Crippen LogP contribution in [0.15, 0.2) is 24.3 Å². The molecule has 5 heteroatoms. The third-order valence-corrected chi connectivity index (χ3v) is 2.19. The summed E-state index contributed by atoms with van der Waals surface area (Å²) in [6.45, 7) is 1.32. The molecule has 1 amide bonds. The number of halogens is 1. The average Bonchev–Trinajstić information content (AvgIpc) is 2.28. The van der Waals surface area contributed by atoms with Crippen molar-refractivity contribution in [3.63, 3.8) is 0 Å². The van der Waals surface area contributed by atoms with Crippen LogP contribution in [0.25, 0.3) is 0 Å². The van der Waals surface area contributed by atoms with Crippen molar-refractivity contribution < 1.29 is 9.53 Å². The highest BCUT2D eigenvalue weighted by Gasteiger charge is 2.01. The molecule has 1 rings (SSSR count). The molecule has 96 valence electrons. The second-order valence-corrected chi connectivity index (χ2v) is 3.61. The van der Waals surface area contributed by atoms with Gasteiger partial charge in [0.2, 0.25) is 5.91 Å². The minimum absolute atomic E-state index is 0. The standard InChI is InChI=1S/C12H18N2O2.ClH/c1-16-8-2-7-14-12(15)9-10-3-5-11(13)6-4-10;/h3-6H,2,7-9,13H2,1H3,(H,14,15);1H. The maximum Gasteiger partial charge on any atom is 0.224 e. The van der Waals surface area contributed by atoms with Gasteiger partial charge in [0.25, 0.3) is 0 Å². The van der Waals surface area contributed by atoms with Crippen molar-refractivity contribution in [1.29, 1.82) is 0 Å². The molecule has 4 nitrogen and oxygen atoms in total. The molecular weight excluding hydrogens is 240 g/mol. The van der Waals surface area contributed by atoms with Crippen LogP contribution < -0.4 is 11.1 Å². The minimum Gasteiger partial charge on any atom is -0.399 e. The topological polar surface area (TPSA) is 64.3 Å². The Balaban J connectivity index is 0.00000256. The highest BCUT2D eigenvalue weighted by atomic mass is 35.5. The molecule has 17 heavy (non-hydrogen) atoms. The van der Waals surface area contributed by atoms with Gasteiger partial charge in [-0.1, -0.05) is 12.1 Å². The number of nitrogens with one attached hydrogen (secondary N) is 1. The number of hydrogen-bond acceptors (Lipinski definition) is 3. The largest absolute Gasteiger partial charge is 0.399 e. The van der Waals surface area contributed by atoms with Crippen molar-refractivity contribution in [2.24, 2.45) is 0 Å². The molecule has 0 aromatic heterocycles. The van der Waals surface area contributed by atoms with Gasteiger partial charge in [-0.15, -0.1) is 12.4 Å². The van der Waals surface area contributed by atoms with E-state index in [-0.39, 0.29) is 18.3 Å². The lowest BCUT2D eigenvalue weighted by atomic mass is 10.1. The molecule has 0 bridgehead atoms. The molecule has 0 aliphatic carbocycles. The molecule has 0 heterocycles. The minimum atomic E-state index is 0. The zero-order valence-corrected chi connectivity index (χ0v) is 10.8. The van der Waals surface area contributed by atoms with E-state index in [9.17, 15) is 4.79 Å². The van der Waals surface area contributed by atoms with E-state index in [0.29, 0.717) is 25.3 Å². The Labute approximate surface area is 108 Å². The van der Waals surface area contributed by atoms with Crippen molar-refractivity contribution in [2.75, 3.05) is 26.0 Å². The number of nitrogens with two attached hydrogens (primary N) is 1. The first-order valence-corrected chi connectivity index (χ1v) is 5.32. The van der Waals surface area contributed by atoms with Crippen LogP contribution in [0.5, 0.6) is 0 Å². The van der Waals surface area contributed by atoms with Crippen LogP contribution in [0.2, 0.25) is 0 Å². The zero-order chi connectivity index (χ0) is 11.8. The van der Waals surface area contributed by atoms with E-state index in [1.165, 1.54) is 0 Å². The summed E-state index contributed by atoms with van der Waals surface area (Å²) in [7, 11) is 1.65. The SMILES string of the molecule is COCCCNC(=O)Cc1ccc(N)cc1.Cl. The molecule has 0 saturated heterocycles. The molecule has 0 aliphatic heterocycles. The lowest BCUT2D eigenvalue weighted by Crippen LogP contribution is -2.26. The molecular formula is C12H19ClN2O2. The number of carbonyl (C=O) groups is 1. The number of anilines is 1. The molecule has 1 aromatic carbocycles. The number of amides is 1. The molecule has 0 spiro atoms. The number of carbonyl (C=O) groups excluding carboxylic acids is 1. The smallest absolute Gasteiger partial charge is 0.224 e. The highest BCUT2D eigenvalue weighted by Crippen LogP contribution is 2.05. The molecule has 3 N–H and O–H groups in total. The van der Waals surface area contributed by atoms with Gasteiger partial charge in [0.05, 0.1) is 6.42 Å². The second-order valence-electron chi connectivity index (χ2n) is 3.61. The molecule has 0 unspecified atom stereocenters. The Morgan fingerprint density at radius 3 is 2.59 bits per heavy atom. The van der Waals surface area contributed by atoms with E-state index in [1.54, 1.807) is 19.2 Å². The van der Waals surface area contributed by atoms with Crippen molar-refractivity contribution >= 4 is 24.0 Å².